The Morgan fingerprint density at radius 2 is 2.12 bits per heavy atom. The van der Waals surface area contributed by atoms with E-state index in [9.17, 15) is 13.6 Å². The maximum absolute atomic E-state index is 11.5. The van der Waals surface area contributed by atoms with Gasteiger partial charge in [-0.1, -0.05) is 12.6 Å². The van der Waals surface area contributed by atoms with Crippen LogP contribution >= 0.6 is 12.6 Å². The number of hydrogen-bond acceptors (Lipinski definition) is 3. The molecule has 0 aromatic heterocycles. The molecule has 8 heavy (non-hydrogen) atoms. The molecule has 0 atom stereocenters. The van der Waals surface area contributed by atoms with Crippen molar-refractivity contribution in [3.8, 4) is 0 Å². The molecule has 0 fully saturated rings. The summed E-state index contributed by atoms with van der Waals surface area (Å²) in [6.45, 7) is 0. The van der Waals surface area contributed by atoms with E-state index in [0.717, 1.165) is 7.11 Å². The normalized spacial score (nSPS) is 11.0. The third-order valence-electron chi connectivity index (χ3n) is 0.431. The van der Waals surface area contributed by atoms with E-state index in [0.29, 0.717) is 0 Å². The molecule has 0 amide bonds. The lowest BCUT2D eigenvalue weighted by atomic mass is 10.7. The Hall–Kier alpha value is -0.320. The predicted molar refractivity (Wildman–Crippen MR) is 25.9 cm³/mol. The fourth-order valence-electron chi connectivity index (χ4n) is 0.123. The molecule has 0 aliphatic heterocycles. The van der Waals surface area contributed by atoms with Crippen LogP contribution in [0.15, 0.2) is 0 Å². The van der Waals surface area contributed by atoms with E-state index in [1.165, 1.54) is 0 Å². The van der Waals surface area contributed by atoms with Crippen LogP contribution in [0.25, 0.3) is 0 Å². The van der Waals surface area contributed by atoms with Crippen LogP contribution in [0.1, 0.15) is 0 Å². The van der Waals surface area contributed by atoms with Gasteiger partial charge in [-0.25, -0.2) is 4.79 Å². The molecule has 0 N–H and O–H groups in total. The topological polar surface area (TPSA) is 26.3 Å². The van der Waals surface area contributed by atoms with Crippen molar-refractivity contribution in [2.45, 2.75) is 5.25 Å². The van der Waals surface area contributed by atoms with Crippen LogP contribution in [0.3, 0.4) is 0 Å². The van der Waals surface area contributed by atoms with Crippen LogP contribution < -0.4 is 0 Å². The highest BCUT2D eigenvalue weighted by molar-refractivity contribution is 7.82. The van der Waals surface area contributed by atoms with Crippen LogP contribution in [-0.2, 0) is 9.53 Å². The summed E-state index contributed by atoms with van der Waals surface area (Å²) in [7, 11) is 0.868. The molecule has 5 heteroatoms. The molecular weight excluding hydrogens is 138 g/mol. The minimum atomic E-state index is -3.66. The summed E-state index contributed by atoms with van der Waals surface area (Å²) >= 11 is 2.62. The number of halogens is 2. The Morgan fingerprint density at radius 1 is 1.75 bits per heavy atom. The van der Waals surface area contributed by atoms with E-state index in [-0.39, 0.29) is 0 Å². The van der Waals surface area contributed by atoms with Crippen LogP contribution in [0.4, 0.5) is 8.78 Å². The van der Waals surface area contributed by atoms with Crippen molar-refractivity contribution in [3.63, 3.8) is 0 Å². The molecule has 0 radical (unpaired) electrons. The maximum atomic E-state index is 11.5. The molecule has 0 bridgehead atoms. The largest absolute Gasteiger partial charge is 0.464 e. The number of alkyl halides is 2. The number of hydrogen-bond donors (Lipinski definition) is 1. The molecule has 0 rings (SSSR count). The van der Waals surface area contributed by atoms with Crippen LogP contribution in [-0.4, -0.2) is 18.3 Å². The highest BCUT2D eigenvalue weighted by Crippen LogP contribution is 2.18. The van der Waals surface area contributed by atoms with Gasteiger partial charge < -0.3 is 4.74 Å². The van der Waals surface area contributed by atoms with Crippen molar-refractivity contribution < 1.29 is 18.3 Å². The Kier molecular flexibility index (Phi) is 2.21. The van der Waals surface area contributed by atoms with Gasteiger partial charge in [-0.2, -0.15) is 8.78 Å². The van der Waals surface area contributed by atoms with Crippen molar-refractivity contribution >= 4 is 18.6 Å². The fraction of sp³-hybridized carbons (Fsp3) is 0.667. The number of esters is 1. The number of rotatable bonds is 1. The van der Waals surface area contributed by atoms with E-state index in [2.05, 4.69) is 17.4 Å². The minimum absolute atomic E-state index is 0.868. The number of thiol groups is 1. The number of methoxy groups -OCH3 is 1. The summed E-state index contributed by atoms with van der Waals surface area (Å²) in [5.41, 5.74) is 0. The molecule has 0 saturated heterocycles. The Morgan fingerprint density at radius 3 is 2.12 bits per heavy atom. The van der Waals surface area contributed by atoms with Gasteiger partial charge >= 0.3 is 11.2 Å². The third-order valence-corrected chi connectivity index (χ3v) is 0.614. The third kappa shape index (κ3) is 2.11. The molecule has 0 aliphatic rings. The van der Waals surface area contributed by atoms with E-state index >= 15 is 0 Å². The van der Waals surface area contributed by atoms with Gasteiger partial charge in [0.05, 0.1) is 7.11 Å². The first-order chi connectivity index (χ1) is 3.48. The van der Waals surface area contributed by atoms with Gasteiger partial charge in [0.25, 0.3) is 0 Å². The molecule has 48 valence electrons. The zero-order chi connectivity index (χ0) is 6.78. The summed E-state index contributed by atoms with van der Waals surface area (Å²) in [5, 5.41) is -3.66. The summed E-state index contributed by atoms with van der Waals surface area (Å²) in [4.78, 5) is 9.78. The van der Waals surface area contributed by atoms with E-state index in [4.69, 9.17) is 0 Å². The molecule has 0 aromatic carbocycles. The first-order valence-electron chi connectivity index (χ1n) is 1.67. The summed E-state index contributed by atoms with van der Waals surface area (Å²) in [6, 6.07) is 0. The van der Waals surface area contributed by atoms with Gasteiger partial charge in [0.2, 0.25) is 0 Å². The van der Waals surface area contributed by atoms with Crippen molar-refractivity contribution in [1.29, 1.82) is 0 Å². The SMILES string of the molecule is COC(=O)C(F)(F)S. The average molecular weight is 142 g/mol. The molecule has 0 heterocycles. The van der Waals surface area contributed by atoms with Crippen molar-refractivity contribution in [3.05, 3.63) is 0 Å². The standard InChI is InChI=1S/C3H4F2O2S/c1-7-2(6)3(4,5)8/h8H,1H3. The highest BCUT2D eigenvalue weighted by Gasteiger charge is 2.34. The first kappa shape index (κ1) is 7.68. The molecule has 0 aliphatic carbocycles. The monoisotopic (exact) mass is 142 g/mol. The lowest BCUT2D eigenvalue weighted by Gasteiger charge is -2.03. The smallest absolute Gasteiger partial charge is 0.387 e. The Balaban J connectivity index is 3.82. The van der Waals surface area contributed by atoms with Crippen LogP contribution in [0, 0.1) is 0 Å². The Labute approximate surface area is 50.2 Å². The molecular formula is C3H4F2O2S. The second-order valence-electron chi connectivity index (χ2n) is 1.03. The van der Waals surface area contributed by atoms with Gasteiger partial charge in [0, 0.05) is 0 Å². The minimum Gasteiger partial charge on any atom is -0.464 e. The first-order valence-corrected chi connectivity index (χ1v) is 2.12. The number of ether oxygens (including phenoxy) is 1. The number of carbonyl (C=O) groups excluding carboxylic acids is 1. The summed E-state index contributed by atoms with van der Waals surface area (Å²) in [6.07, 6.45) is 0. The average Bonchev–Trinajstić information content (AvgIpc) is 1.62. The predicted octanol–water partition coefficient (Wildman–Crippen LogP) is 0.682. The zero-order valence-corrected chi connectivity index (χ0v) is 4.91. The highest BCUT2D eigenvalue weighted by atomic mass is 32.1. The van der Waals surface area contributed by atoms with E-state index < -0.39 is 11.2 Å². The van der Waals surface area contributed by atoms with Gasteiger partial charge in [-0.15, -0.1) is 0 Å². The maximum Gasteiger partial charge on any atom is 0.387 e. The van der Waals surface area contributed by atoms with E-state index in [1.807, 2.05) is 0 Å². The van der Waals surface area contributed by atoms with Crippen LogP contribution in [0.5, 0.6) is 0 Å². The molecule has 0 saturated carbocycles. The zero-order valence-electron chi connectivity index (χ0n) is 4.02. The molecule has 2 nitrogen and oxygen atoms in total. The number of carbonyl (C=O) groups is 1. The van der Waals surface area contributed by atoms with Gasteiger partial charge in [0.15, 0.2) is 0 Å². The van der Waals surface area contributed by atoms with Crippen molar-refractivity contribution in [1.82, 2.24) is 0 Å². The van der Waals surface area contributed by atoms with Gasteiger partial charge in [0.1, 0.15) is 0 Å². The fourth-order valence-corrected chi connectivity index (χ4v) is 0.214. The second kappa shape index (κ2) is 2.30. The van der Waals surface area contributed by atoms with E-state index in [1.54, 1.807) is 0 Å². The quantitative estimate of drug-likeness (QED) is 0.430. The van der Waals surface area contributed by atoms with Crippen molar-refractivity contribution in [2.75, 3.05) is 7.11 Å². The van der Waals surface area contributed by atoms with Gasteiger partial charge in [-0.3, -0.25) is 0 Å². The van der Waals surface area contributed by atoms with Gasteiger partial charge in [-0.05, 0) is 0 Å². The molecule has 0 unspecified atom stereocenters. The van der Waals surface area contributed by atoms with Crippen LogP contribution in [0.2, 0.25) is 0 Å². The Bertz CT molecular complexity index is 97.9. The molecule has 0 aromatic rings. The second-order valence-corrected chi connectivity index (χ2v) is 1.59. The molecule has 0 spiro atoms. The summed E-state index contributed by atoms with van der Waals surface area (Å²) < 4.78 is 26.7. The summed E-state index contributed by atoms with van der Waals surface area (Å²) in [5.74, 6) is -1.64. The lowest BCUT2D eigenvalue weighted by molar-refractivity contribution is -0.156. The van der Waals surface area contributed by atoms with Crippen molar-refractivity contribution in [2.24, 2.45) is 0 Å². The lowest BCUT2D eigenvalue weighted by Crippen LogP contribution is -2.22.